The van der Waals surface area contributed by atoms with Crippen LogP contribution in [0.25, 0.3) is 6.08 Å². The van der Waals surface area contributed by atoms with Crippen molar-refractivity contribution in [2.75, 3.05) is 0 Å². The van der Waals surface area contributed by atoms with Crippen molar-refractivity contribution in [1.29, 1.82) is 0 Å². The summed E-state index contributed by atoms with van der Waals surface area (Å²) in [7, 11) is 0. The molecular weight excluding hydrogens is 212 g/mol. The summed E-state index contributed by atoms with van der Waals surface area (Å²) in [5.41, 5.74) is 2.95. The van der Waals surface area contributed by atoms with Crippen LogP contribution in [0.1, 0.15) is 37.5 Å². The van der Waals surface area contributed by atoms with E-state index in [9.17, 15) is 4.79 Å². The molecule has 1 rings (SSSR count). The van der Waals surface area contributed by atoms with Crippen molar-refractivity contribution in [2.45, 2.75) is 40.2 Å². The lowest BCUT2D eigenvalue weighted by molar-refractivity contribution is -0.148. The van der Waals surface area contributed by atoms with E-state index in [2.05, 4.69) is 0 Å². The van der Waals surface area contributed by atoms with Crippen LogP contribution in [-0.4, -0.2) is 11.6 Å². The highest BCUT2D eigenvalue weighted by Crippen LogP contribution is 2.15. The van der Waals surface area contributed by atoms with Crippen LogP contribution in [-0.2, 0) is 9.53 Å². The molecule has 0 saturated carbocycles. The molecule has 0 radical (unpaired) electrons. The number of hydrogen-bond donors (Lipinski definition) is 0. The second kappa shape index (κ2) is 5.17. The summed E-state index contributed by atoms with van der Waals surface area (Å²) in [6.45, 7) is 9.64. The zero-order valence-corrected chi connectivity index (χ0v) is 11.2. The molecule has 0 aliphatic carbocycles. The second-order valence-corrected chi connectivity index (χ2v) is 5.17. The third-order valence-corrected chi connectivity index (χ3v) is 2.33. The number of aryl methyl sites for hydroxylation is 2. The van der Waals surface area contributed by atoms with Gasteiger partial charge in [0.1, 0.15) is 5.60 Å². The van der Waals surface area contributed by atoms with Gasteiger partial charge < -0.3 is 4.74 Å². The van der Waals surface area contributed by atoms with Gasteiger partial charge in [-0.25, -0.2) is 4.79 Å². The molecule has 1 aromatic carbocycles. The molecule has 0 aliphatic heterocycles. The van der Waals surface area contributed by atoms with Gasteiger partial charge in [-0.15, -0.1) is 0 Å². The molecule has 0 bridgehead atoms. The first-order valence-electron chi connectivity index (χ1n) is 5.77. The fourth-order valence-electron chi connectivity index (χ4n) is 1.58. The van der Waals surface area contributed by atoms with E-state index in [4.69, 9.17) is 4.74 Å². The van der Waals surface area contributed by atoms with Gasteiger partial charge in [-0.2, -0.15) is 0 Å². The summed E-state index contributed by atoms with van der Waals surface area (Å²) in [5, 5.41) is 0. The van der Waals surface area contributed by atoms with Crippen molar-refractivity contribution in [3.05, 3.63) is 41.0 Å². The van der Waals surface area contributed by atoms with E-state index < -0.39 is 5.60 Å². The first kappa shape index (κ1) is 13.5. The second-order valence-electron chi connectivity index (χ2n) is 5.17. The maximum atomic E-state index is 11.5. The normalized spacial score (nSPS) is 11.8. The van der Waals surface area contributed by atoms with Gasteiger partial charge in [-0.3, -0.25) is 0 Å². The van der Waals surface area contributed by atoms with Gasteiger partial charge in [-0.1, -0.05) is 18.2 Å². The molecule has 0 unspecified atom stereocenters. The lowest BCUT2D eigenvalue weighted by Gasteiger charge is -2.18. The number of hydrogen-bond acceptors (Lipinski definition) is 2. The number of ether oxygens (including phenoxy) is 1. The Morgan fingerprint density at radius 2 is 1.71 bits per heavy atom. The molecule has 0 amide bonds. The van der Waals surface area contributed by atoms with E-state index in [1.165, 1.54) is 6.08 Å². The third-order valence-electron chi connectivity index (χ3n) is 2.33. The smallest absolute Gasteiger partial charge is 0.331 e. The fraction of sp³-hybridized carbons (Fsp3) is 0.400. The van der Waals surface area contributed by atoms with Crippen LogP contribution in [0.2, 0.25) is 0 Å². The van der Waals surface area contributed by atoms with Gasteiger partial charge in [0.15, 0.2) is 0 Å². The minimum absolute atomic E-state index is 0.305. The standard InChI is InChI=1S/C15H20O2/c1-11-7-6-8-12(2)13(11)9-10-14(16)17-15(3,4)5/h6-10H,1-5H3/b10-9+. The Morgan fingerprint density at radius 3 is 2.18 bits per heavy atom. The van der Waals surface area contributed by atoms with Crippen LogP contribution >= 0.6 is 0 Å². The van der Waals surface area contributed by atoms with E-state index in [1.807, 2.05) is 58.9 Å². The minimum atomic E-state index is -0.442. The zero-order valence-electron chi connectivity index (χ0n) is 11.2. The third kappa shape index (κ3) is 4.43. The van der Waals surface area contributed by atoms with Crippen LogP contribution < -0.4 is 0 Å². The van der Waals surface area contributed by atoms with Crippen molar-refractivity contribution in [3.8, 4) is 0 Å². The SMILES string of the molecule is Cc1cccc(C)c1/C=C/C(=O)OC(C)(C)C. The van der Waals surface area contributed by atoms with Crippen LogP contribution in [0, 0.1) is 13.8 Å². The van der Waals surface area contributed by atoms with Gasteiger partial charge in [0.25, 0.3) is 0 Å². The zero-order chi connectivity index (χ0) is 13.1. The highest BCUT2D eigenvalue weighted by Gasteiger charge is 2.13. The Morgan fingerprint density at radius 1 is 1.18 bits per heavy atom. The van der Waals surface area contributed by atoms with Gasteiger partial charge >= 0.3 is 5.97 Å². The molecule has 0 N–H and O–H groups in total. The summed E-state index contributed by atoms with van der Waals surface area (Å²) in [6.07, 6.45) is 3.30. The predicted molar refractivity (Wildman–Crippen MR) is 70.8 cm³/mol. The molecule has 17 heavy (non-hydrogen) atoms. The van der Waals surface area contributed by atoms with E-state index >= 15 is 0 Å². The fourth-order valence-corrected chi connectivity index (χ4v) is 1.58. The Kier molecular flexibility index (Phi) is 4.11. The molecule has 0 aromatic heterocycles. The number of esters is 1. The first-order chi connectivity index (χ1) is 7.79. The highest BCUT2D eigenvalue weighted by molar-refractivity contribution is 5.87. The molecule has 0 saturated heterocycles. The summed E-state index contributed by atoms with van der Waals surface area (Å²) >= 11 is 0. The number of benzene rings is 1. The van der Waals surface area contributed by atoms with Crippen molar-refractivity contribution in [1.82, 2.24) is 0 Å². The lowest BCUT2D eigenvalue weighted by atomic mass is 10.0. The topological polar surface area (TPSA) is 26.3 Å². The Balaban J connectivity index is 2.81. The van der Waals surface area contributed by atoms with Gasteiger partial charge in [0, 0.05) is 6.08 Å². The van der Waals surface area contributed by atoms with E-state index in [-0.39, 0.29) is 5.97 Å². The molecule has 2 nitrogen and oxygen atoms in total. The summed E-state index contributed by atoms with van der Waals surface area (Å²) in [4.78, 5) is 11.5. The minimum Gasteiger partial charge on any atom is -0.457 e. The number of carbonyl (C=O) groups is 1. The Hall–Kier alpha value is -1.57. The van der Waals surface area contributed by atoms with Crippen LogP contribution in [0.3, 0.4) is 0 Å². The average Bonchev–Trinajstić information content (AvgIpc) is 2.14. The van der Waals surface area contributed by atoms with Crippen LogP contribution in [0.5, 0.6) is 0 Å². The number of carbonyl (C=O) groups excluding carboxylic acids is 1. The molecule has 1 aromatic rings. The quantitative estimate of drug-likeness (QED) is 0.574. The molecule has 0 fully saturated rings. The first-order valence-corrected chi connectivity index (χ1v) is 5.77. The molecule has 2 heteroatoms. The van der Waals surface area contributed by atoms with Gasteiger partial charge in [0.2, 0.25) is 0 Å². The summed E-state index contributed by atoms with van der Waals surface area (Å²) in [5.74, 6) is -0.305. The molecule has 0 atom stereocenters. The van der Waals surface area contributed by atoms with E-state index in [1.54, 1.807) is 0 Å². The van der Waals surface area contributed by atoms with Crippen LogP contribution in [0.15, 0.2) is 24.3 Å². The van der Waals surface area contributed by atoms with E-state index in [0.717, 1.165) is 16.7 Å². The summed E-state index contributed by atoms with van der Waals surface area (Å²) in [6, 6.07) is 6.07. The van der Waals surface area contributed by atoms with Gasteiger partial charge in [-0.05, 0) is 57.4 Å². The Bertz CT molecular complexity index is 416. The maximum Gasteiger partial charge on any atom is 0.331 e. The maximum absolute atomic E-state index is 11.5. The summed E-state index contributed by atoms with van der Waals surface area (Å²) < 4.78 is 5.21. The largest absolute Gasteiger partial charge is 0.457 e. The van der Waals surface area contributed by atoms with Crippen LogP contribution in [0.4, 0.5) is 0 Å². The molecule has 0 aliphatic rings. The Labute approximate surface area is 103 Å². The van der Waals surface area contributed by atoms with Crippen molar-refractivity contribution < 1.29 is 9.53 Å². The molecular formula is C15H20O2. The number of rotatable bonds is 2. The lowest BCUT2D eigenvalue weighted by Crippen LogP contribution is -2.22. The molecule has 0 spiro atoms. The average molecular weight is 232 g/mol. The monoisotopic (exact) mass is 232 g/mol. The molecule has 92 valence electrons. The van der Waals surface area contributed by atoms with Crippen molar-refractivity contribution >= 4 is 12.0 Å². The van der Waals surface area contributed by atoms with Crippen molar-refractivity contribution in [2.24, 2.45) is 0 Å². The predicted octanol–water partition coefficient (Wildman–Crippen LogP) is 3.66. The molecule has 0 heterocycles. The van der Waals surface area contributed by atoms with Gasteiger partial charge in [0.05, 0.1) is 0 Å². The van der Waals surface area contributed by atoms with Crippen molar-refractivity contribution in [3.63, 3.8) is 0 Å². The van der Waals surface area contributed by atoms with E-state index in [0.29, 0.717) is 0 Å². The highest BCUT2D eigenvalue weighted by atomic mass is 16.6.